The number of thioether (sulfide) groups is 1. The molecule has 1 aromatic heterocycles. The average Bonchev–Trinajstić information content (AvgIpc) is 2.34. The van der Waals surface area contributed by atoms with Gasteiger partial charge >= 0.3 is 0 Å². The fourth-order valence-electron chi connectivity index (χ4n) is 1.92. The Morgan fingerprint density at radius 1 is 1.37 bits per heavy atom. The van der Waals surface area contributed by atoms with E-state index in [9.17, 15) is 0 Å². The number of aryl methyl sites for hydroxylation is 2. The molecule has 19 heavy (non-hydrogen) atoms. The van der Waals surface area contributed by atoms with Crippen molar-refractivity contribution in [3.05, 3.63) is 17.5 Å². The van der Waals surface area contributed by atoms with Crippen LogP contribution >= 0.6 is 11.8 Å². The normalized spacial score (nSPS) is 13.8. The van der Waals surface area contributed by atoms with Gasteiger partial charge in [-0.15, -0.1) is 0 Å². The van der Waals surface area contributed by atoms with Gasteiger partial charge < -0.3 is 0 Å². The van der Waals surface area contributed by atoms with Gasteiger partial charge in [-0.2, -0.15) is 5.26 Å². The minimum atomic E-state index is -0.418. The highest BCUT2D eigenvalue weighted by atomic mass is 32.2. The van der Waals surface area contributed by atoms with Crippen molar-refractivity contribution >= 4 is 11.8 Å². The highest BCUT2D eigenvalue weighted by molar-refractivity contribution is 7.99. The van der Waals surface area contributed by atoms with Crippen molar-refractivity contribution in [2.75, 3.05) is 12.3 Å². The molecule has 0 spiro atoms. The average molecular weight is 278 g/mol. The molecule has 0 fully saturated rings. The molecular weight excluding hydrogens is 256 g/mol. The summed E-state index contributed by atoms with van der Waals surface area (Å²) in [7, 11) is 0. The van der Waals surface area contributed by atoms with Crippen LogP contribution in [0.1, 0.15) is 38.1 Å². The molecule has 104 valence electrons. The van der Waals surface area contributed by atoms with Crippen molar-refractivity contribution in [2.45, 2.75) is 51.2 Å². The Labute approximate surface area is 120 Å². The summed E-state index contributed by atoms with van der Waals surface area (Å²) >= 11 is 1.66. The highest BCUT2D eigenvalue weighted by Crippen LogP contribution is 2.19. The first-order valence-corrected chi connectivity index (χ1v) is 7.59. The van der Waals surface area contributed by atoms with E-state index >= 15 is 0 Å². The molecule has 5 heteroatoms. The molecule has 1 atom stereocenters. The quantitative estimate of drug-likeness (QED) is 0.472. The van der Waals surface area contributed by atoms with Crippen LogP contribution in [0.25, 0.3) is 0 Å². The summed E-state index contributed by atoms with van der Waals surface area (Å²) in [6.07, 6.45) is 1.81. The topological polar surface area (TPSA) is 61.6 Å². The van der Waals surface area contributed by atoms with Gasteiger partial charge in [-0.25, -0.2) is 9.97 Å². The van der Waals surface area contributed by atoms with E-state index in [1.807, 2.05) is 33.8 Å². The van der Waals surface area contributed by atoms with Gasteiger partial charge in [-0.3, -0.25) is 5.32 Å². The van der Waals surface area contributed by atoms with Gasteiger partial charge in [0, 0.05) is 17.1 Å². The van der Waals surface area contributed by atoms with Gasteiger partial charge in [-0.1, -0.05) is 18.7 Å². The van der Waals surface area contributed by atoms with E-state index in [0.29, 0.717) is 0 Å². The standard InChI is InChI=1S/C14H22N4S/c1-5-16-14(4,10-15)7-6-8-19-13-17-11(2)9-12(3)18-13/h9,16H,5-8H2,1-4H3. The molecule has 1 N–H and O–H groups in total. The second-order valence-electron chi connectivity index (χ2n) is 4.86. The van der Waals surface area contributed by atoms with Crippen LogP contribution in [0.15, 0.2) is 11.2 Å². The Morgan fingerprint density at radius 3 is 2.53 bits per heavy atom. The molecule has 4 nitrogen and oxygen atoms in total. The monoisotopic (exact) mass is 278 g/mol. The van der Waals surface area contributed by atoms with Crippen molar-refractivity contribution in [1.29, 1.82) is 5.26 Å². The lowest BCUT2D eigenvalue weighted by atomic mass is 9.98. The smallest absolute Gasteiger partial charge is 0.187 e. The maximum absolute atomic E-state index is 9.16. The predicted octanol–water partition coefficient (Wildman–Crippen LogP) is 2.86. The van der Waals surface area contributed by atoms with Crippen LogP contribution in [0.4, 0.5) is 0 Å². The minimum Gasteiger partial charge on any atom is -0.300 e. The molecule has 0 amide bonds. The largest absolute Gasteiger partial charge is 0.300 e. The summed E-state index contributed by atoms with van der Waals surface area (Å²) in [6.45, 7) is 8.76. The van der Waals surface area contributed by atoms with Crippen LogP contribution in [0, 0.1) is 25.2 Å². The van der Waals surface area contributed by atoms with Gasteiger partial charge in [0.25, 0.3) is 0 Å². The number of nitriles is 1. The molecular formula is C14H22N4S. The van der Waals surface area contributed by atoms with Crippen molar-refractivity contribution < 1.29 is 0 Å². The molecule has 0 aromatic carbocycles. The van der Waals surface area contributed by atoms with Gasteiger partial charge in [0.1, 0.15) is 5.54 Å². The molecule has 1 heterocycles. The van der Waals surface area contributed by atoms with E-state index in [0.717, 1.165) is 41.7 Å². The van der Waals surface area contributed by atoms with Crippen LogP contribution in [0.2, 0.25) is 0 Å². The first-order valence-electron chi connectivity index (χ1n) is 6.60. The van der Waals surface area contributed by atoms with Crippen molar-refractivity contribution in [3.63, 3.8) is 0 Å². The van der Waals surface area contributed by atoms with Gasteiger partial charge in [-0.05, 0) is 46.2 Å². The molecule has 0 bridgehead atoms. The Morgan fingerprint density at radius 2 is 2.00 bits per heavy atom. The van der Waals surface area contributed by atoms with E-state index < -0.39 is 5.54 Å². The van der Waals surface area contributed by atoms with Crippen LogP contribution < -0.4 is 5.32 Å². The van der Waals surface area contributed by atoms with E-state index in [-0.39, 0.29) is 0 Å². The van der Waals surface area contributed by atoms with E-state index in [1.54, 1.807) is 11.8 Å². The third-order valence-electron chi connectivity index (χ3n) is 2.83. The molecule has 0 saturated heterocycles. The number of nitrogens with one attached hydrogen (secondary N) is 1. The van der Waals surface area contributed by atoms with Gasteiger partial charge in [0.05, 0.1) is 6.07 Å². The predicted molar refractivity (Wildman–Crippen MR) is 79.2 cm³/mol. The maximum Gasteiger partial charge on any atom is 0.187 e. The molecule has 0 aliphatic carbocycles. The lowest BCUT2D eigenvalue weighted by molar-refractivity contribution is 0.426. The number of nitrogens with zero attached hydrogens (tertiary/aromatic N) is 3. The number of aromatic nitrogens is 2. The molecule has 1 rings (SSSR count). The summed E-state index contributed by atoms with van der Waals surface area (Å²) in [4.78, 5) is 8.79. The van der Waals surface area contributed by atoms with E-state index in [4.69, 9.17) is 5.26 Å². The third kappa shape index (κ3) is 5.58. The number of hydrogen-bond acceptors (Lipinski definition) is 5. The number of hydrogen-bond donors (Lipinski definition) is 1. The van der Waals surface area contributed by atoms with Crippen LogP contribution in [-0.4, -0.2) is 27.8 Å². The summed E-state index contributed by atoms with van der Waals surface area (Å²) in [6, 6.07) is 4.32. The Balaban J connectivity index is 2.40. The van der Waals surface area contributed by atoms with Crippen LogP contribution in [0.5, 0.6) is 0 Å². The maximum atomic E-state index is 9.16. The SMILES string of the molecule is CCNC(C)(C#N)CCCSc1nc(C)cc(C)n1. The number of rotatable bonds is 7. The van der Waals surface area contributed by atoms with E-state index in [1.165, 1.54) is 0 Å². The van der Waals surface area contributed by atoms with Crippen LogP contribution in [0.3, 0.4) is 0 Å². The van der Waals surface area contributed by atoms with Crippen molar-refractivity contribution in [1.82, 2.24) is 15.3 Å². The minimum absolute atomic E-state index is 0.418. The third-order valence-corrected chi connectivity index (χ3v) is 3.76. The zero-order valence-electron chi connectivity index (χ0n) is 12.2. The Bertz CT molecular complexity index is 435. The molecule has 1 unspecified atom stereocenters. The van der Waals surface area contributed by atoms with Gasteiger partial charge in [0.15, 0.2) is 5.16 Å². The summed E-state index contributed by atoms with van der Waals surface area (Å²) in [5.41, 5.74) is 1.59. The Kier molecular flexibility index (Phi) is 6.26. The zero-order valence-corrected chi connectivity index (χ0v) is 13.0. The fraction of sp³-hybridized carbons (Fsp3) is 0.643. The van der Waals surface area contributed by atoms with Crippen molar-refractivity contribution in [2.24, 2.45) is 0 Å². The molecule has 0 radical (unpaired) electrons. The summed E-state index contributed by atoms with van der Waals surface area (Å²) in [5, 5.41) is 13.2. The second-order valence-corrected chi connectivity index (χ2v) is 5.92. The lowest BCUT2D eigenvalue weighted by Gasteiger charge is -2.22. The summed E-state index contributed by atoms with van der Waals surface area (Å²) in [5.74, 6) is 0.936. The first kappa shape index (κ1) is 15.9. The molecule has 0 saturated carbocycles. The highest BCUT2D eigenvalue weighted by Gasteiger charge is 2.21. The van der Waals surface area contributed by atoms with E-state index in [2.05, 4.69) is 21.4 Å². The van der Waals surface area contributed by atoms with Crippen molar-refractivity contribution in [3.8, 4) is 6.07 Å². The van der Waals surface area contributed by atoms with Crippen LogP contribution in [-0.2, 0) is 0 Å². The summed E-state index contributed by atoms with van der Waals surface area (Å²) < 4.78 is 0. The van der Waals surface area contributed by atoms with Gasteiger partial charge in [0.2, 0.25) is 0 Å². The molecule has 0 aliphatic heterocycles. The molecule has 0 aliphatic rings. The fourth-order valence-corrected chi connectivity index (χ4v) is 2.81. The molecule has 1 aromatic rings. The lowest BCUT2D eigenvalue weighted by Crippen LogP contribution is -2.40. The zero-order chi connectivity index (χ0) is 14.3. The first-order chi connectivity index (χ1) is 8.99. The second kappa shape index (κ2) is 7.46. The Hall–Kier alpha value is -1.12.